The number of anilines is 1. The quantitative estimate of drug-likeness (QED) is 0.146. The first-order chi connectivity index (χ1) is 19.2. The van der Waals surface area contributed by atoms with Crippen molar-refractivity contribution in [3.63, 3.8) is 0 Å². The number of amides is 1. The van der Waals surface area contributed by atoms with E-state index in [1.165, 1.54) is 22.3 Å². The number of aryl methyl sites for hydroxylation is 2. The molecule has 9 heteroatoms. The van der Waals surface area contributed by atoms with Gasteiger partial charge in [0.1, 0.15) is 11.5 Å². The van der Waals surface area contributed by atoms with Crippen LogP contribution in [-0.4, -0.2) is 40.1 Å². The molecule has 1 amide bonds. The molecule has 8 nitrogen and oxygen atoms in total. The van der Waals surface area contributed by atoms with Crippen LogP contribution in [0.4, 0.5) is 5.13 Å². The Morgan fingerprint density at radius 3 is 2.48 bits per heavy atom. The zero-order valence-corrected chi connectivity index (χ0v) is 23.5. The Morgan fingerprint density at radius 2 is 1.77 bits per heavy atom. The molecule has 0 radical (unpaired) electrons. The third kappa shape index (κ3) is 4.88. The number of ether oxygens (including phenoxy) is 2. The number of hydrogen-bond acceptors (Lipinski definition) is 8. The van der Waals surface area contributed by atoms with Gasteiger partial charge in [-0.3, -0.25) is 14.5 Å². The lowest BCUT2D eigenvalue weighted by atomic mass is 9.95. The smallest absolute Gasteiger partial charge is 0.301 e. The molecule has 5 rings (SSSR count). The molecule has 0 bridgehead atoms. The molecule has 4 aromatic rings. The average Bonchev–Trinajstić information content (AvgIpc) is 3.47. The van der Waals surface area contributed by atoms with Gasteiger partial charge in [-0.2, -0.15) is 0 Å². The number of phenolic OH excluding ortho intramolecular Hbond substituents is 1. The highest BCUT2D eigenvalue weighted by atomic mass is 32.1. The molecule has 1 aromatic heterocycles. The number of carbonyl (C=O) groups excluding carboxylic acids is 2. The molecule has 40 heavy (non-hydrogen) atoms. The Kier molecular flexibility index (Phi) is 7.49. The van der Waals surface area contributed by atoms with E-state index in [0.29, 0.717) is 35.2 Å². The Hall–Kier alpha value is -4.37. The minimum atomic E-state index is -1.00. The van der Waals surface area contributed by atoms with Gasteiger partial charge in [0.25, 0.3) is 5.78 Å². The molecular weight excluding hydrogens is 528 g/mol. The summed E-state index contributed by atoms with van der Waals surface area (Å²) in [6.07, 6.45) is 0.854. The number of hydrogen-bond donors (Lipinski definition) is 2. The Balaban J connectivity index is 1.69. The maximum absolute atomic E-state index is 13.6. The fraction of sp³-hybridized carbons (Fsp3) is 0.258. The van der Waals surface area contributed by atoms with Gasteiger partial charge in [0.05, 0.1) is 35.0 Å². The number of aliphatic hydroxyl groups is 1. The zero-order chi connectivity index (χ0) is 28.6. The summed E-state index contributed by atoms with van der Waals surface area (Å²) in [6.45, 7) is 8.60. The van der Waals surface area contributed by atoms with E-state index in [4.69, 9.17) is 14.5 Å². The van der Waals surface area contributed by atoms with Crippen molar-refractivity contribution in [3.8, 4) is 17.2 Å². The average molecular weight is 559 g/mol. The molecular formula is C31H30N2O6S. The van der Waals surface area contributed by atoms with Crippen molar-refractivity contribution in [3.05, 3.63) is 82.4 Å². The van der Waals surface area contributed by atoms with Gasteiger partial charge in [-0.15, -0.1) is 0 Å². The summed E-state index contributed by atoms with van der Waals surface area (Å²) in [6, 6.07) is 14.4. The maximum Gasteiger partial charge on any atom is 0.301 e. The van der Waals surface area contributed by atoms with Crippen molar-refractivity contribution in [2.45, 2.75) is 40.2 Å². The molecule has 206 valence electrons. The van der Waals surface area contributed by atoms with Crippen LogP contribution in [0, 0.1) is 13.8 Å². The Bertz CT molecular complexity index is 1640. The number of nitrogens with zero attached hydrogens (tertiary/aromatic N) is 2. The van der Waals surface area contributed by atoms with E-state index in [-0.39, 0.29) is 22.8 Å². The number of rotatable bonds is 8. The molecule has 1 atom stereocenters. The van der Waals surface area contributed by atoms with Crippen molar-refractivity contribution in [1.29, 1.82) is 0 Å². The minimum Gasteiger partial charge on any atom is -0.507 e. The second kappa shape index (κ2) is 11.0. The van der Waals surface area contributed by atoms with E-state index in [1.54, 1.807) is 43.3 Å². The number of thiazole rings is 1. The van der Waals surface area contributed by atoms with E-state index >= 15 is 0 Å². The fourth-order valence-corrected chi connectivity index (χ4v) is 6.03. The van der Waals surface area contributed by atoms with Crippen LogP contribution in [0.1, 0.15) is 48.6 Å². The first-order valence-electron chi connectivity index (χ1n) is 13.1. The van der Waals surface area contributed by atoms with Crippen molar-refractivity contribution in [2.24, 2.45) is 0 Å². The van der Waals surface area contributed by atoms with Gasteiger partial charge in [0.15, 0.2) is 16.6 Å². The number of phenols is 1. The number of fused-ring (bicyclic) bond motifs is 1. The SMILES string of the molecule is CCCOc1ccc(/C(O)=C2\C(=O)C(=O)N(c3nc4c(C)cc(C)cc4s3)C2c2ccc(O)c(OCC)c2)cc1. The number of ketones is 1. The Labute approximate surface area is 236 Å². The third-order valence-corrected chi connectivity index (χ3v) is 7.67. The van der Waals surface area contributed by atoms with Gasteiger partial charge in [0.2, 0.25) is 0 Å². The highest BCUT2D eigenvalue weighted by Gasteiger charge is 2.48. The second-order valence-corrected chi connectivity index (χ2v) is 10.6. The van der Waals surface area contributed by atoms with Crippen molar-refractivity contribution in [2.75, 3.05) is 18.1 Å². The lowest BCUT2D eigenvalue weighted by Crippen LogP contribution is -2.29. The number of benzene rings is 3. The van der Waals surface area contributed by atoms with Gasteiger partial charge < -0.3 is 19.7 Å². The van der Waals surface area contributed by atoms with Crippen LogP contribution in [0.5, 0.6) is 17.2 Å². The number of carbonyl (C=O) groups is 2. The van der Waals surface area contributed by atoms with E-state index < -0.39 is 17.7 Å². The fourth-order valence-electron chi connectivity index (χ4n) is 4.86. The van der Waals surface area contributed by atoms with Crippen LogP contribution in [0.25, 0.3) is 16.0 Å². The maximum atomic E-state index is 13.6. The minimum absolute atomic E-state index is 0.0729. The molecule has 0 aliphatic carbocycles. The molecule has 1 unspecified atom stereocenters. The lowest BCUT2D eigenvalue weighted by Gasteiger charge is -2.23. The second-order valence-electron chi connectivity index (χ2n) is 9.63. The van der Waals surface area contributed by atoms with Gasteiger partial charge >= 0.3 is 5.91 Å². The number of aliphatic hydroxyl groups excluding tert-OH is 1. The number of aromatic hydroxyl groups is 1. The largest absolute Gasteiger partial charge is 0.507 e. The summed E-state index contributed by atoms with van der Waals surface area (Å²) in [7, 11) is 0. The monoisotopic (exact) mass is 558 g/mol. The highest BCUT2D eigenvalue weighted by Crippen LogP contribution is 2.46. The van der Waals surface area contributed by atoms with Crippen LogP contribution in [-0.2, 0) is 9.59 Å². The van der Waals surface area contributed by atoms with Crippen LogP contribution in [0.15, 0.2) is 60.2 Å². The lowest BCUT2D eigenvalue weighted by molar-refractivity contribution is -0.132. The first kappa shape index (κ1) is 27.2. The first-order valence-corrected chi connectivity index (χ1v) is 13.9. The molecule has 1 aliphatic rings. The van der Waals surface area contributed by atoms with E-state index in [1.807, 2.05) is 32.9 Å². The molecule has 1 aliphatic heterocycles. The predicted octanol–water partition coefficient (Wildman–Crippen LogP) is 6.43. The van der Waals surface area contributed by atoms with Crippen LogP contribution in [0.2, 0.25) is 0 Å². The van der Waals surface area contributed by atoms with Gasteiger partial charge in [0, 0.05) is 5.56 Å². The molecule has 0 spiro atoms. The predicted molar refractivity (Wildman–Crippen MR) is 155 cm³/mol. The molecule has 1 saturated heterocycles. The molecule has 3 aromatic carbocycles. The summed E-state index contributed by atoms with van der Waals surface area (Å²) in [4.78, 5) is 33.3. The normalized spacial score (nSPS) is 16.6. The van der Waals surface area contributed by atoms with Gasteiger partial charge in [-0.05, 0) is 86.3 Å². The summed E-state index contributed by atoms with van der Waals surface area (Å²) >= 11 is 1.30. The van der Waals surface area contributed by atoms with Crippen LogP contribution < -0.4 is 14.4 Å². The standard InChI is InChI=1S/C31H30N2O6S/c1-5-13-39-21-10-7-19(8-11-21)28(35)25-27(20-9-12-22(34)23(16-20)38-6-2)33(30(37)29(25)36)31-32-26-18(4)14-17(3)15-24(26)40-31/h7-12,14-16,27,34-35H,5-6,13H2,1-4H3/b28-25+. The number of aromatic nitrogens is 1. The van der Waals surface area contributed by atoms with Crippen LogP contribution >= 0.6 is 11.3 Å². The number of Topliss-reactive ketones (excluding diaryl/α,β-unsaturated/α-hetero) is 1. The van der Waals surface area contributed by atoms with Crippen molar-refractivity contribution >= 4 is 44.1 Å². The van der Waals surface area contributed by atoms with Gasteiger partial charge in [-0.1, -0.05) is 30.4 Å². The van der Waals surface area contributed by atoms with E-state index in [0.717, 1.165) is 27.8 Å². The highest BCUT2D eigenvalue weighted by molar-refractivity contribution is 7.22. The molecule has 2 N–H and O–H groups in total. The van der Waals surface area contributed by atoms with Crippen LogP contribution in [0.3, 0.4) is 0 Å². The van der Waals surface area contributed by atoms with Crippen molar-refractivity contribution < 1.29 is 29.3 Å². The van der Waals surface area contributed by atoms with Crippen molar-refractivity contribution in [1.82, 2.24) is 4.98 Å². The summed E-state index contributed by atoms with van der Waals surface area (Å²) in [5.74, 6) is -1.17. The van der Waals surface area contributed by atoms with E-state index in [9.17, 15) is 19.8 Å². The molecule has 2 heterocycles. The molecule has 0 saturated carbocycles. The molecule has 1 fully saturated rings. The van der Waals surface area contributed by atoms with Gasteiger partial charge in [-0.25, -0.2) is 4.98 Å². The topological polar surface area (TPSA) is 109 Å². The third-order valence-electron chi connectivity index (χ3n) is 6.67. The zero-order valence-electron chi connectivity index (χ0n) is 22.7. The summed E-state index contributed by atoms with van der Waals surface area (Å²) in [5.41, 5.74) is 3.54. The Morgan fingerprint density at radius 1 is 1.02 bits per heavy atom. The summed E-state index contributed by atoms with van der Waals surface area (Å²) in [5, 5.41) is 22.1. The summed E-state index contributed by atoms with van der Waals surface area (Å²) < 4.78 is 12.1. The van der Waals surface area contributed by atoms with E-state index in [2.05, 4.69) is 0 Å².